The van der Waals surface area contributed by atoms with Crippen molar-refractivity contribution in [2.45, 2.75) is 43.6 Å². The number of carbonyl (C=O) groups excluding carboxylic acids is 1. The molecule has 2 aliphatic heterocycles. The maximum atomic E-state index is 13.3. The molecule has 3 aromatic rings. The molecule has 13 heteroatoms. The molecule has 1 amide bonds. The van der Waals surface area contributed by atoms with Gasteiger partial charge < -0.3 is 14.4 Å². The van der Waals surface area contributed by atoms with Crippen molar-refractivity contribution in [3.63, 3.8) is 0 Å². The van der Waals surface area contributed by atoms with Crippen LogP contribution in [0.5, 0.6) is 5.75 Å². The normalized spacial score (nSPS) is 19.5. The van der Waals surface area contributed by atoms with Gasteiger partial charge in [-0.1, -0.05) is 19.4 Å². The number of rotatable bonds is 5. The van der Waals surface area contributed by atoms with Crippen LogP contribution in [0.25, 0.3) is 16.6 Å². The Hall–Kier alpha value is -3.19. The number of piperidine rings is 1. The molecule has 0 atom stereocenters. The van der Waals surface area contributed by atoms with Crippen molar-refractivity contribution in [2.24, 2.45) is 5.92 Å². The first kappa shape index (κ1) is 27.4. The number of halogens is 5. The summed E-state index contributed by atoms with van der Waals surface area (Å²) in [5.74, 6) is 0.885. The van der Waals surface area contributed by atoms with Gasteiger partial charge in [-0.3, -0.25) is 14.2 Å². The van der Waals surface area contributed by atoms with E-state index in [9.17, 15) is 29.0 Å². The van der Waals surface area contributed by atoms with Gasteiger partial charge in [0.25, 0.3) is 5.56 Å². The van der Waals surface area contributed by atoms with Gasteiger partial charge in [0.15, 0.2) is 0 Å². The number of hydrogen-bond donors (Lipinski definition) is 0. The molecule has 0 spiro atoms. The number of carbonyl (C=O) groups is 1. The average Bonchev–Trinajstić information content (AvgIpc) is 2.88. The summed E-state index contributed by atoms with van der Waals surface area (Å²) >= 11 is 0. The van der Waals surface area contributed by atoms with E-state index in [-0.39, 0.29) is 41.4 Å². The molecule has 2 fully saturated rings. The molecular weight excluding hydrogens is 545 g/mol. The van der Waals surface area contributed by atoms with Gasteiger partial charge in [-0.25, -0.2) is 4.98 Å². The van der Waals surface area contributed by atoms with Gasteiger partial charge in [0.2, 0.25) is 5.91 Å². The number of fused-ring (bicyclic) bond motifs is 1. The van der Waals surface area contributed by atoms with Gasteiger partial charge in [-0.05, 0) is 62.2 Å². The van der Waals surface area contributed by atoms with Crippen molar-refractivity contribution in [1.29, 1.82) is 0 Å². The highest BCUT2D eigenvalue weighted by Gasteiger charge is 2.65. The zero-order valence-corrected chi connectivity index (χ0v) is 21.9. The van der Waals surface area contributed by atoms with Crippen LogP contribution in [0.2, 0.25) is 0 Å². The number of ether oxygens (including phenoxy) is 2. The Kier molecular flexibility index (Phi) is 6.45. The van der Waals surface area contributed by atoms with Crippen LogP contribution in [-0.4, -0.2) is 52.8 Å². The Labute approximate surface area is 221 Å². The molecule has 1 aromatic heterocycles. The van der Waals surface area contributed by atoms with Crippen LogP contribution in [0.3, 0.4) is 0 Å². The lowest BCUT2D eigenvalue weighted by molar-refractivity contribution is -0.140. The van der Waals surface area contributed by atoms with E-state index in [1.165, 1.54) is 6.92 Å². The van der Waals surface area contributed by atoms with Gasteiger partial charge >= 0.3 is 10.2 Å². The Balaban J connectivity index is 1.30. The lowest BCUT2D eigenvalue weighted by atomic mass is 9.97. The van der Waals surface area contributed by atoms with Crippen LogP contribution in [0, 0.1) is 12.8 Å². The van der Waals surface area contributed by atoms with Crippen LogP contribution in [0.4, 0.5) is 19.4 Å². The molecule has 7 nitrogen and oxygen atoms in total. The van der Waals surface area contributed by atoms with Crippen molar-refractivity contribution in [3.05, 3.63) is 58.6 Å². The first-order chi connectivity index (χ1) is 18.2. The Morgan fingerprint density at radius 2 is 1.62 bits per heavy atom. The van der Waals surface area contributed by atoms with Crippen molar-refractivity contribution in [3.8, 4) is 11.4 Å². The summed E-state index contributed by atoms with van der Waals surface area (Å²) in [5, 5.41) is -0.561. The van der Waals surface area contributed by atoms with Crippen LogP contribution in [-0.2, 0) is 9.53 Å². The minimum absolute atomic E-state index is 0.0122. The molecule has 0 aliphatic carbocycles. The predicted molar refractivity (Wildman–Crippen MR) is 137 cm³/mol. The molecule has 0 N–H and O–H groups in total. The lowest BCUT2D eigenvalue weighted by Crippen LogP contribution is -2.45. The van der Waals surface area contributed by atoms with Gasteiger partial charge in [-0.2, -0.15) is 0 Å². The summed E-state index contributed by atoms with van der Waals surface area (Å²) in [4.78, 5) is 29.7. The van der Waals surface area contributed by atoms with Gasteiger partial charge in [0.1, 0.15) is 22.6 Å². The quantitative estimate of drug-likeness (QED) is 0.343. The van der Waals surface area contributed by atoms with Crippen molar-refractivity contribution in [1.82, 2.24) is 14.5 Å². The molecule has 2 saturated heterocycles. The maximum absolute atomic E-state index is 13.3. The number of benzene rings is 2. The van der Waals surface area contributed by atoms with Crippen molar-refractivity contribution >= 4 is 27.0 Å². The summed E-state index contributed by atoms with van der Waals surface area (Å²) in [6.45, 7) is 3.91. The van der Waals surface area contributed by atoms with E-state index in [2.05, 4.69) is 4.98 Å². The largest absolute Gasteiger partial charge is 0.490 e. The molecular formula is C26H28F5N3O4S. The Bertz CT molecular complexity index is 1470. The highest BCUT2D eigenvalue weighted by Crippen LogP contribution is 3.02. The number of nitrogens with zero attached hydrogens (tertiary/aromatic N) is 3. The molecule has 0 unspecified atom stereocenters. The fourth-order valence-corrected chi connectivity index (χ4v) is 5.75. The Morgan fingerprint density at radius 1 is 0.974 bits per heavy atom. The van der Waals surface area contributed by atoms with Crippen LogP contribution in [0.1, 0.15) is 31.5 Å². The minimum Gasteiger partial charge on any atom is -0.490 e. The summed E-state index contributed by atoms with van der Waals surface area (Å²) in [6.07, 6.45) is 2.71. The molecule has 2 aliphatic rings. The number of aryl methyl sites for hydroxylation is 1. The maximum Gasteiger partial charge on any atom is 0.310 e. The third-order valence-corrected chi connectivity index (χ3v) is 8.32. The van der Waals surface area contributed by atoms with Gasteiger partial charge in [0, 0.05) is 45.1 Å². The van der Waals surface area contributed by atoms with Crippen LogP contribution >= 0.6 is 10.2 Å². The minimum atomic E-state index is -9.97. The summed E-state index contributed by atoms with van der Waals surface area (Å²) in [6, 6.07) is 7.54. The standard InChI is InChI=1S/C26H28F5N3O4S/c1-17-32-24-7-6-22(39(27,28,29,30)31)16-23(24)26(36)34(17)19-2-4-20(5-3-19)38-21-8-12-33(13-9-21)25(35)18-10-14-37-15-11-18/h2-7,16,18,21H,8-15H2,1H3. The van der Waals surface area contributed by atoms with Crippen LogP contribution < -0.4 is 10.3 Å². The molecule has 0 bridgehead atoms. The third kappa shape index (κ3) is 5.88. The smallest absolute Gasteiger partial charge is 0.310 e. The van der Waals surface area contributed by atoms with Crippen molar-refractivity contribution < 1.29 is 33.7 Å². The molecule has 212 valence electrons. The molecule has 3 heterocycles. The molecule has 5 rings (SSSR count). The zero-order chi connectivity index (χ0) is 28.1. The number of aromatic nitrogens is 2. The van der Waals surface area contributed by atoms with Crippen molar-refractivity contribution in [2.75, 3.05) is 26.3 Å². The monoisotopic (exact) mass is 573 g/mol. The number of likely N-dealkylation sites (tertiary alicyclic amines) is 1. The molecule has 2 aromatic carbocycles. The van der Waals surface area contributed by atoms with Gasteiger partial charge in [0.05, 0.1) is 16.6 Å². The second kappa shape index (κ2) is 9.19. The summed E-state index contributed by atoms with van der Waals surface area (Å²) in [5.41, 5.74) is -0.703. The van der Waals surface area contributed by atoms with E-state index in [4.69, 9.17) is 9.47 Å². The van der Waals surface area contributed by atoms with E-state index in [1.807, 2.05) is 4.90 Å². The van der Waals surface area contributed by atoms with E-state index >= 15 is 0 Å². The van der Waals surface area contributed by atoms with Gasteiger partial charge in [-0.15, -0.1) is 0 Å². The summed E-state index contributed by atoms with van der Waals surface area (Å²) < 4.78 is 79.1. The van der Waals surface area contributed by atoms with E-state index in [0.717, 1.165) is 23.5 Å². The summed E-state index contributed by atoms with van der Waals surface area (Å²) in [7, 11) is -9.97. The zero-order valence-electron chi connectivity index (χ0n) is 21.1. The van der Waals surface area contributed by atoms with E-state index in [0.29, 0.717) is 50.6 Å². The number of amides is 1. The SMILES string of the molecule is Cc1nc2ccc(S(F)(F)(F)(F)F)cc2c(=O)n1-c1ccc(OC2CCN(C(=O)C3CCOCC3)CC2)cc1. The highest BCUT2D eigenvalue weighted by atomic mass is 32.5. The molecule has 0 radical (unpaired) electrons. The third-order valence-electron chi connectivity index (χ3n) is 7.17. The average molecular weight is 574 g/mol. The highest BCUT2D eigenvalue weighted by molar-refractivity contribution is 8.45. The lowest BCUT2D eigenvalue weighted by Gasteiger charge is -2.40. The van der Waals surface area contributed by atoms with Crippen LogP contribution in [0.15, 0.2) is 52.2 Å². The van der Waals surface area contributed by atoms with E-state index < -0.39 is 26.1 Å². The molecule has 0 saturated carbocycles. The Morgan fingerprint density at radius 3 is 2.23 bits per heavy atom. The second-order valence-corrected chi connectivity index (χ2v) is 12.4. The second-order valence-electron chi connectivity index (χ2n) is 9.97. The topological polar surface area (TPSA) is 73.7 Å². The fourth-order valence-electron chi connectivity index (χ4n) is 5.08. The molecule has 39 heavy (non-hydrogen) atoms. The first-order valence-corrected chi connectivity index (χ1v) is 14.6. The van der Waals surface area contributed by atoms with E-state index in [1.54, 1.807) is 24.3 Å². The fraction of sp³-hybridized carbons (Fsp3) is 0.423. The predicted octanol–water partition coefficient (Wildman–Crippen LogP) is 6.15. The number of hydrogen-bond acceptors (Lipinski definition) is 5. The first-order valence-electron chi connectivity index (χ1n) is 12.6.